The standard InChI is InChI=1S/C33H40F2O6/c1-17-10-18(2)29(19(3)11-17)40-16-28(39)33(41-21(5)36)20(4)12-23-24-14-26(34)25-13-22(37)8-9-30(25,6)32(24,35)27(38)15-31(23,33)7/h8-11,13,20,23-24,26-27,38H,12,14-16H2,1-7H3/t20-,23?,24?,26-,27-,30-,31-,32-,33-/m0/s1. The number of Topliss-reactive ketones (excluding diaryl/α,β-unsaturated/α-hetero) is 1. The van der Waals surface area contributed by atoms with Crippen molar-refractivity contribution in [2.75, 3.05) is 6.61 Å². The third kappa shape index (κ3) is 3.92. The minimum Gasteiger partial charge on any atom is -0.485 e. The lowest BCUT2D eigenvalue weighted by molar-refractivity contribution is -0.230. The molecular formula is C33H40F2O6. The van der Waals surface area contributed by atoms with Gasteiger partial charge in [0, 0.05) is 29.6 Å². The second-order valence-corrected chi connectivity index (χ2v) is 13.3. The molecule has 3 saturated carbocycles. The molecule has 222 valence electrons. The van der Waals surface area contributed by atoms with Gasteiger partial charge < -0.3 is 14.6 Å². The molecule has 0 spiro atoms. The van der Waals surface area contributed by atoms with Crippen molar-refractivity contribution in [3.05, 3.63) is 52.6 Å². The molecule has 0 bridgehead atoms. The van der Waals surface area contributed by atoms with E-state index in [0.29, 0.717) is 12.2 Å². The van der Waals surface area contributed by atoms with Gasteiger partial charge in [-0.25, -0.2) is 8.78 Å². The number of aryl methyl sites for hydroxylation is 3. The van der Waals surface area contributed by atoms with E-state index in [1.165, 1.54) is 26.0 Å². The number of hydrogen-bond acceptors (Lipinski definition) is 6. The van der Waals surface area contributed by atoms with Crippen molar-refractivity contribution in [1.82, 2.24) is 0 Å². The van der Waals surface area contributed by atoms with E-state index in [0.717, 1.165) is 22.8 Å². The van der Waals surface area contributed by atoms with Crippen LogP contribution in [0.5, 0.6) is 5.75 Å². The molecule has 5 rings (SSSR count). The summed E-state index contributed by atoms with van der Waals surface area (Å²) in [6, 6.07) is 3.91. The minimum atomic E-state index is -2.29. The molecule has 2 unspecified atom stereocenters. The fraction of sp³-hybridized carbons (Fsp3) is 0.606. The first kappa shape index (κ1) is 29.6. The van der Waals surface area contributed by atoms with Crippen LogP contribution < -0.4 is 4.74 Å². The van der Waals surface area contributed by atoms with E-state index in [4.69, 9.17) is 9.47 Å². The van der Waals surface area contributed by atoms with Crippen LogP contribution in [-0.2, 0) is 19.1 Å². The number of benzene rings is 1. The maximum absolute atomic E-state index is 17.5. The normalized spacial score (nSPS) is 41.2. The Balaban J connectivity index is 1.57. The van der Waals surface area contributed by atoms with Crippen LogP contribution in [0.1, 0.15) is 63.6 Å². The summed E-state index contributed by atoms with van der Waals surface area (Å²) in [5, 5.41) is 11.6. The number of alkyl halides is 2. The number of aliphatic hydroxyl groups is 1. The zero-order valence-electron chi connectivity index (χ0n) is 24.8. The molecule has 0 aliphatic heterocycles. The number of esters is 1. The van der Waals surface area contributed by atoms with E-state index in [-0.39, 0.29) is 25.0 Å². The maximum atomic E-state index is 17.5. The fourth-order valence-electron chi connectivity index (χ4n) is 9.26. The van der Waals surface area contributed by atoms with Crippen molar-refractivity contribution < 1.29 is 37.7 Å². The van der Waals surface area contributed by atoms with Crippen LogP contribution in [0.3, 0.4) is 0 Å². The first-order valence-electron chi connectivity index (χ1n) is 14.4. The quantitative estimate of drug-likeness (QED) is 0.475. The second kappa shape index (κ2) is 9.58. The van der Waals surface area contributed by atoms with Gasteiger partial charge in [0.1, 0.15) is 11.9 Å². The molecule has 41 heavy (non-hydrogen) atoms. The van der Waals surface area contributed by atoms with Gasteiger partial charge in [-0.05, 0) is 81.7 Å². The molecule has 1 aromatic carbocycles. The van der Waals surface area contributed by atoms with Gasteiger partial charge in [0.25, 0.3) is 0 Å². The molecular weight excluding hydrogens is 530 g/mol. The molecule has 0 radical (unpaired) electrons. The van der Waals surface area contributed by atoms with E-state index in [1.54, 1.807) is 13.8 Å². The minimum absolute atomic E-state index is 0.0389. The lowest BCUT2D eigenvalue weighted by Gasteiger charge is -2.63. The molecule has 9 atom stereocenters. The maximum Gasteiger partial charge on any atom is 0.303 e. The van der Waals surface area contributed by atoms with Crippen LogP contribution in [0, 0.1) is 49.4 Å². The van der Waals surface area contributed by atoms with Crippen molar-refractivity contribution in [2.24, 2.45) is 28.6 Å². The van der Waals surface area contributed by atoms with Crippen LogP contribution in [0.25, 0.3) is 0 Å². The van der Waals surface area contributed by atoms with Gasteiger partial charge in [0.05, 0.1) is 6.10 Å². The number of ketones is 2. The molecule has 0 saturated heterocycles. The third-order valence-electron chi connectivity index (χ3n) is 10.8. The molecule has 4 aliphatic carbocycles. The molecule has 0 aromatic heterocycles. The fourth-order valence-corrected chi connectivity index (χ4v) is 9.26. The largest absolute Gasteiger partial charge is 0.485 e. The Bertz CT molecular complexity index is 1360. The van der Waals surface area contributed by atoms with E-state index in [2.05, 4.69) is 0 Å². The van der Waals surface area contributed by atoms with E-state index < -0.39 is 69.7 Å². The van der Waals surface area contributed by atoms with Crippen LogP contribution in [0.4, 0.5) is 8.78 Å². The third-order valence-corrected chi connectivity index (χ3v) is 10.8. The number of carbonyl (C=O) groups is 3. The van der Waals surface area contributed by atoms with Gasteiger partial charge in [0.2, 0.25) is 5.78 Å². The predicted octanol–water partition coefficient (Wildman–Crippen LogP) is 5.43. The first-order chi connectivity index (χ1) is 19.0. The Morgan fingerprint density at radius 3 is 2.34 bits per heavy atom. The van der Waals surface area contributed by atoms with Gasteiger partial charge in [-0.3, -0.25) is 14.4 Å². The summed E-state index contributed by atoms with van der Waals surface area (Å²) < 4.78 is 45.4. The average Bonchev–Trinajstić information content (AvgIpc) is 3.08. The van der Waals surface area contributed by atoms with Gasteiger partial charge in [0.15, 0.2) is 23.7 Å². The van der Waals surface area contributed by atoms with Gasteiger partial charge >= 0.3 is 5.97 Å². The molecule has 3 fully saturated rings. The Hall–Kier alpha value is -2.87. The van der Waals surface area contributed by atoms with Crippen LogP contribution in [0.2, 0.25) is 0 Å². The van der Waals surface area contributed by atoms with Crippen molar-refractivity contribution in [2.45, 2.75) is 91.3 Å². The predicted molar refractivity (Wildman–Crippen MR) is 149 cm³/mol. The van der Waals surface area contributed by atoms with E-state index >= 15 is 8.78 Å². The zero-order chi connectivity index (χ0) is 30.3. The summed E-state index contributed by atoms with van der Waals surface area (Å²) in [6.07, 6.45) is 0.440. The highest BCUT2D eigenvalue weighted by molar-refractivity contribution is 6.01. The highest BCUT2D eigenvalue weighted by Crippen LogP contribution is 2.71. The van der Waals surface area contributed by atoms with E-state index in [9.17, 15) is 19.5 Å². The Kier molecular flexibility index (Phi) is 6.92. The van der Waals surface area contributed by atoms with Crippen molar-refractivity contribution in [1.29, 1.82) is 0 Å². The summed E-state index contributed by atoms with van der Waals surface area (Å²) in [7, 11) is 0. The second-order valence-electron chi connectivity index (χ2n) is 13.3. The van der Waals surface area contributed by atoms with Gasteiger partial charge in [-0.1, -0.05) is 37.6 Å². The summed E-state index contributed by atoms with van der Waals surface area (Å²) in [5.41, 5.74) is -3.90. The number of fused-ring (bicyclic) bond motifs is 5. The molecule has 8 heteroatoms. The van der Waals surface area contributed by atoms with Crippen molar-refractivity contribution in [3.63, 3.8) is 0 Å². The zero-order valence-corrected chi connectivity index (χ0v) is 24.8. The summed E-state index contributed by atoms with van der Waals surface area (Å²) in [5.74, 6) is -3.09. The number of carbonyl (C=O) groups excluding carboxylic acids is 3. The van der Waals surface area contributed by atoms with Gasteiger partial charge in [-0.2, -0.15) is 0 Å². The number of rotatable bonds is 5. The number of halogens is 2. The molecule has 0 amide bonds. The van der Waals surface area contributed by atoms with Crippen LogP contribution >= 0.6 is 0 Å². The highest BCUT2D eigenvalue weighted by atomic mass is 19.1. The molecule has 4 aliphatic rings. The lowest BCUT2D eigenvalue weighted by atomic mass is 9.44. The van der Waals surface area contributed by atoms with Crippen molar-refractivity contribution >= 4 is 17.5 Å². The number of ether oxygens (including phenoxy) is 2. The molecule has 6 nitrogen and oxygen atoms in total. The molecule has 1 aromatic rings. The first-order valence-corrected chi connectivity index (χ1v) is 14.4. The number of aliphatic hydroxyl groups excluding tert-OH is 1. The topological polar surface area (TPSA) is 89.9 Å². The SMILES string of the molecule is CC(=O)O[C@]1(C(=O)COc2c(C)cc(C)cc2C)[C@@H](C)CC2C3C[C@H](F)C4=CC(=O)C=C[C@]4(C)[C@@]3(F)[C@@H](O)C[C@@]21C. The monoisotopic (exact) mass is 570 g/mol. The average molecular weight is 571 g/mol. The number of allylic oxidation sites excluding steroid dienone is 4. The van der Waals surface area contributed by atoms with Crippen LogP contribution in [0.15, 0.2) is 35.9 Å². The summed E-state index contributed by atoms with van der Waals surface area (Å²) in [4.78, 5) is 38.9. The summed E-state index contributed by atoms with van der Waals surface area (Å²) in [6.45, 7) is 11.7. The molecule has 0 heterocycles. The van der Waals surface area contributed by atoms with Crippen molar-refractivity contribution in [3.8, 4) is 5.75 Å². The lowest BCUT2D eigenvalue weighted by Crippen LogP contribution is -2.71. The van der Waals surface area contributed by atoms with Crippen LogP contribution in [-0.4, -0.2) is 52.8 Å². The molecule has 1 N–H and O–H groups in total. The van der Waals surface area contributed by atoms with E-state index in [1.807, 2.05) is 32.9 Å². The Labute approximate surface area is 240 Å². The Morgan fingerprint density at radius 1 is 1.10 bits per heavy atom. The van der Waals surface area contributed by atoms with Gasteiger partial charge in [-0.15, -0.1) is 0 Å². The Morgan fingerprint density at radius 2 is 1.73 bits per heavy atom. The summed E-state index contributed by atoms with van der Waals surface area (Å²) >= 11 is 0. The smallest absolute Gasteiger partial charge is 0.303 e. The highest BCUT2D eigenvalue weighted by Gasteiger charge is 2.78. The number of hydrogen-bond donors (Lipinski definition) is 1.